The molecule has 0 aliphatic heterocycles. The van der Waals surface area contributed by atoms with E-state index in [9.17, 15) is 18.5 Å². The van der Waals surface area contributed by atoms with Gasteiger partial charge >= 0.3 is 5.88 Å². The van der Waals surface area contributed by atoms with Crippen LogP contribution in [-0.4, -0.2) is 41.9 Å². The van der Waals surface area contributed by atoms with Crippen molar-refractivity contribution in [3.63, 3.8) is 0 Å². The van der Waals surface area contributed by atoms with Gasteiger partial charge in [-0.25, -0.2) is 13.4 Å². The van der Waals surface area contributed by atoms with E-state index in [1.807, 2.05) is 0 Å². The van der Waals surface area contributed by atoms with Gasteiger partial charge in [-0.05, 0) is 18.2 Å². The first kappa shape index (κ1) is 18.5. The van der Waals surface area contributed by atoms with Crippen molar-refractivity contribution in [1.29, 1.82) is 0 Å². The van der Waals surface area contributed by atoms with Crippen LogP contribution < -0.4 is 5.43 Å². The molecule has 0 spiro atoms. The van der Waals surface area contributed by atoms with E-state index in [1.165, 1.54) is 41.0 Å². The molecular formula is C14H17N5O5S. The molecular weight excluding hydrogens is 350 g/mol. The first-order valence-electron chi connectivity index (χ1n) is 7.38. The molecule has 10 nitrogen and oxygen atoms in total. The molecule has 0 amide bonds. The molecule has 134 valence electrons. The lowest BCUT2D eigenvalue weighted by Gasteiger charge is -2.18. The van der Waals surface area contributed by atoms with Crippen molar-refractivity contribution in [1.82, 2.24) is 9.29 Å². The Morgan fingerprint density at radius 2 is 2.04 bits per heavy atom. The van der Waals surface area contributed by atoms with E-state index >= 15 is 0 Å². The minimum absolute atomic E-state index is 0.0902. The van der Waals surface area contributed by atoms with Crippen LogP contribution in [0.5, 0.6) is 0 Å². The number of hydrogen-bond donors (Lipinski definition) is 1. The number of pyridine rings is 1. The summed E-state index contributed by atoms with van der Waals surface area (Å²) in [6.07, 6.45) is 2.48. The SMILES string of the molecule is CCN(CC)S(=O)(=O)c1ccc(NN=Cc2ccc([N+](=O)[O-])o2)nc1. The van der Waals surface area contributed by atoms with Crippen molar-refractivity contribution >= 4 is 27.9 Å². The number of nitro groups is 1. The highest BCUT2D eigenvalue weighted by Crippen LogP contribution is 2.16. The van der Waals surface area contributed by atoms with E-state index < -0.39 is 14.9 Å². The van der Waals surface area contributed by atoms with Crippen molar-refractivity contribution in [2.45, 2.75) is 18.7 Å². The Hall–Kier alpha value is -2.79. The molecule has 1 N–H and O–H groups in total. The Morgan fingerprint density at radius 3 is 2.56 bits per heavy atom. The number of nitrogens with zero attached hydrogens (tertiary/aromatic N) is 4. The van der Waals surface area contributed by atoms with Gasteiger partial charge in [-0.15, -0.1) is 0 Å². The number of aromatic nitrogens is 1. The van der Waals surface area contributed by atoms with Gasteiger partial charge in [0.05, 0.1) is 12.3 Å². The number of hydrogen-bond acceptors (Lipinski definition) is 8. The quantitative estimate of drug-likeness (QED) is 0.429. The van der Waals surface area contributed by atoms with Crippen LogP contribution in [0.25, 0.3) is 0 Å². The first-order chi connectivity index (χ1) is 11.9. The molecule has 0 aromatic carbocycles. The molecule has 0 saturated carbocycles. The van der Waals surface area contributed by atoms with Crippen molar-refractivity contribution in [2.24, 2.45) is 5.10 Å². The topological polar surface area (TPSA) is 131 Å². The summed E-state index contributed by atoms with van der Waals surface area (Å²) in [4.78, 5) is 13.9. The fourth-order valence-corrected chi connectivity index (χ4v) is 3.39. The second kappa shape index (κ2) is 7.85. The highest BCUT2D eigenvalue weighted by Gasteiger charge is 2.21. The number of rotatable bonds is 8. The summed E-state index contributed by atoms with van der Waals surface area (Å²) < 4.78 is 30.9. The summed E-state index contributed by atoms with van der Waals surface area (Å²) >= 11 is 0. The monoisotopic (exact) mass is 367 g/mol. The Bertz CT molecular complexity index is 856. The van der Waals surface area contributed by atoms with E-state index in [1.54, 1.807) is 13.8 Å². The van der Waals surface area contributed by atoms with Gasteiger partial charge in [-0.3, -0.25) is 15.5 Å². The van der Waals surface area contributed by atoms with Gasteiger partial charge in [0, 0.05) is 19.3 Å². The van der Waals surface area contributed by atoms with Crippen LogP contribution in [0, 0.1) is 10.1 Å². The lowest BCUT2D eigenvalue weighted by Crippen LogP contribution is -2.30. The summed E-state index contributed by atoms with van der Waals surface area (Å²) in [6, 6.07) is 5.51. The summed E-state index contributed by atoms with van der Waals surface area (Å²) in [5, 5.41) is 14.3. The molecule has 2 aromatic rings. The standard InChI is InChI=1S/C14H17N5O5S/c1-3-18(4-2)25(22,23)12-6-7-13(15-10-12)17-16-9-11-5-8-14(24-11)19(20)21/h5-10H,3-4H2,1-2H3,(H,15,17). The molecule has 2 aromatic heterocycles. The molecule has 0 aliphatic rings. The Morgan fingerprint density at radius 1 is 1.32 bits per heavy atom. The minimum atomic E-state index is -3.56. The third kappa shape index (κ3) is 4.39. The van der Waals surface area contributed by atoms with Gasteiger partial charge in [-0.2, -0.15) is 9.41 Å². The minimum Gasteiger partial charge on any atom is -0.400 e. The number of anilines is 1. The molecule has 25 heavy (non-hydrogen) atoms. The van der Waals surface area contributed by atoms with Gasteiger partial charge in [0.1, 0.15) is 15.6 Å². The van der Waals surface area contributed by atoms with Gasteiger partial charge in [0.15, 0.2) is 5.76 Å². The van der Waals surface area contributed by atoms with Gasteiger partial charge in [0.2, 0.25) is 10.0 Å². The molecule has 2 rings (SSSR count). The summed E-state index contributed by atoms with van der Waals surface area (Å²) in [7, 11) is -3.56. The van der Waals surface area contributed by atoms with E-state index in [0.29, 0.717) is 18.9 Å². The van der Waals surface area contributed by atoms with Crippen LogP contribution in [0.4, 0.5) is 11.7 Å². The highest BCUT2D eigenvalue weighted by atomic mass is 32.2. The molecule has 0 bridgehead atoms. The van der Waals surface area contributed by atoms with Crippen LogP contribution in [0.3, 0.4) is 0 Å². The lowest BCUT2D eigenvalue weighted by molar-refractivity contribution is -0.402. The normalized spacial score (nSPS) is 12.0. The number of furan rings is 1. The molecule has 0 radical (unpaired) electrons. The van der Waals surface area contributed by atoms with Crippen molar-refractivity contribution in [2.75, 3.05) is 18.5 Å². The van der Waals surface area contributed by atoms with Crippen molar-refractivity contribution in [3.05, 3.63) is 46.3 Å². The zero-order valence-corrected chi connectivity index (χ0v) is 14.4. The van der Waals surface area contributed by atoms with Crippen molar-refractivity contribution in [3.8, 4) is 0 Å². The fraction of sp³-hybridized carbons (Fsp3) is 0.286. The third-order valence-electron chi connectivity index (χ3n) is 3.24. The lowest BCUT2D eigenvalue weighted by atomic mass is 10.5. The molecule has 0 fully saturated rings. The molecule has 2 heterocycles. The van der Waals surface area contributed by atoms with E-state index in [-0.39, 0.29) is 16.5 Å². The van der Waals surface area contributed by atoms with E-state index in [4.69, 9.17) is 4.42 Å². The molecule has 0 unspecified atom stereocenters. The van der Waals surface area contributed by atoms with Crippen LogP contribution in [0.15, 0.2) is 44.9 Å². The maximum absolute atomic E-state index is 12.3. The highest BCUT2D eigenvalue weighted by molar-refractivity contribution is 7.89. The first-order valence-corrected chi connectivity index (χ1v) is 8.82. The van der Waals surface area contributed by atoms with E-state index in [0.717, 1.165) is 0 Å². The maximum atomic E-state index is 12.3. The maximum Gasteiger partial charge on any atom is 0.433 e. The predicted molar refractivity (Wildman–Crippen MR) is 90.9 cm³/mol. The third-order valence-corrected chi connectivity index (χ3v) is 5.28. The Labute approximate surface area is 144 Å². The second-order valence-corrected chi connectivity index (χ2v) is 6.71. The molecule has 0 saturated heterocycles. The molecule has 0 aliphatic carbocycles. The van der Waals surface area contributed by atoms with Crippen molar-refractivity contribution < 1.29 is 17.8 Å². The van der Waals surface area contributed by atoms with Gasteiger partial charge in [0.25, 0.3) is 0 Å². The predicted octanol–water partition coefficient (Wildman–Crippen LogP) is 2.06. The molecule has 0 atom stereocenters. The summed E-state index contributed by atoms with van der Waals surface area (Å²) in [5.74, 6) is 0.126. The number of sulfonamides is 1. The average molecular weight is 367 g/mol. The largest absolute Gasteiger partial charge is 0.433 e. The smallest absolute Gasteiger partial charge is 0.400 e. The second-order valence-electron chi connectivity index (χ2n) is 4.77. The molecule has 11 heteroatoms. The zero-order valence-electron chi connectivity index (χ0n) is 13.6. The van der Waals surface area contributed by atoms with Gasteiger partial charge in [-0.1, -0.05) is 13.8 Å². The number of hydrazone groups is 1. The van der Waals surface area contributed by atoms with Gasteiger partial charge < -0.3 is 4.42 Å². The Balaban J connectivity index is 2.05. The zero-order chi connectivity index (χ0) is 18.4. The number of nitrogens with one attached hydrogen (secondary N) is 1. The van der Waals surface area contributed by atoms with Crippen LogP contribution >= 0.6 is 0 Å². The summed E-state index contributed by atoms with van der Waals surface area (Å²) in [6.45, 7) is 4.27. The van der Waals surface area contributed by atoms with E-state index in [2.05, 4.69) is 15.5 Å². The Kier molecular flexibility index (Phi) is 5.83. The summed E-state index contributed by atoms with van der Waals surface area (Å²) in [5.41, 5.74) is 2.59. The van der Waals surface area contributed by atoms with Crippen LogP contribution in [-0.2, 0) is 10.0 Å². The van der Waals surface area contributed by atoms with Crippen LogP contribution in [0.2, 0.25) is 0 Å². The average Bonchev–Trinajstić information content (AvgIpc) is 3.05. The fourth-order valence-electron chi connectivity index (χ4n) is 1.98. The van der Waals surface area contributed by atoms with Crippen LogP contribution in [0.1, 0.15) is 19.6 Å².